The molecule has 14 heavy (non-hydrogen) atoms. The van der Waals surface area contributed by atoms with Crippen LogP contribution >= 0.6 is 12.4 Å². The van der Waals surface area contributed by atoms with Crippen LogP contribution in [0.4, 0.5) is 0 Å². The fourth-order valence-electron chi connectivity index (χ4n) is 1.86. The lowest BCUT2D eigenvalue weighted by Crippen LogP contribution is -2.27. The van der Waals surface area contributed by atoms with Crippen LogP contribution in [-0.4, -0.2) is 13.7 Å². The molecule has 0 radical (unpaired) electrons. The Morgan fingerprint density at radius 3 is 2.93 bits per heavy atom. The molecule has 0 aliphatic carbocycles. The maximum atomic E-state index is 5.20. The van der Waals surface area contributed by atoms with Crippen LogP contribution in [0.25, 0.3) is 0 Å². The van der Waals surface area contributed by atoms with Crippen molar-refractivity contribution in [1.82, 2.24) is 5.32 Å². The monoisotopic (exact) mass is 213 g/mol. The molecule has 0 saturated carbocycles. The molecule has 2 nitrogen and oxygen atoms in total. The third-order valence-corrected chi connectivity index (χ3v) is 2.66. The van der Waals surface area contributed by atoms with Gasteiger partial charge in [0.05, 0.1) is 7.11 Å². The number of fused-ring (bicyclic) bond motifs is 1. The fourth-order valence-corrected chi connectivity index (χ4v) is 1.86. The first kappa shape index (κ1) is 11.3. The molecular formula is C11H16ClNO. The molecule has 1 aliphatic heterocycles. The highest BCUT2D eigenvalue weighted by molar-refractivity contribution is 5.85. The molecule has 2 rings (SSSR count). The smallest absolute Gasteiger partial charge is 0.119 e. The summed E-state index contributed by atoms with van der Waals surface area (Å²) in [5.41, 5.74) is 2.83. The molecule has 1 unspecified atom stereocenters. The van der Waals surface area contributed by atoms with Crippen molar-refractivity contribution in [3.8, 4) is 5.75 Å². The fraction of sp³-hybridized carbons (Fsp3) is 0.455. The van der Waals surface area contributed by atoms with E-state index in [0.717, 1.165) is 18.7 Å². The maximum absolute atomic E-state index is 5.20. The van der Waals surface area contributed by atoms with Gasteiger partial charge in [-0.05, 0) is 43.1 Å². The van der Waals surface area contributed by atoms with Gasteiger partial charge < -0.3 is 10.1 Å². The summed E-state index contributed by atoms with van der Waals surface area (Å²) in [6, 6.07) is 6.80. The van der Waals surface area contributed by atoms with E-state index in [-0.39, 0.29) is 12.4 Å². The first-order valence-electron chi connectivity index (χ1n) is 4.71. The van der Waals surface area contributed by atoms with E-state index < -0.39 is 0 Å². The number of ether oxygens (including phenoxy) is 1. The molecule has 0 saturated heterocycles. The molecule has 3 heteroatoms. The van der Waals surface area contributed by atoms with Crippen molar-refractivity contribution in [2.75, 3.05) is 13.7 Å². The quantitative estimate of drug-likeness (QED) is 0.773. The van der Waals surface area contributed by atoms with Crippen molar-refractivity contribution in [2.24, 2.45) is 0 Å². The predicted molar refractivity (Wildman–Crippen MR) is 60.4 cm³/mol. The van der Waals surface area contributed by atoms with Crippen LogP contribution in [0, 0.1) is 0 Å². The lowest BCUT2D eigenvalue weighted by Gasteiger charge is -2.24. The second-order valence-corrected chi connectivity index (χ2v) is 3.49. The largest absolute Gasteiger partial charge is 0.497 e. The minimum Gasteiger partial charge on any atom is -0.497 e. The Balaban J connectivity index is 0.000000980. The van der Waals surface area contributed by atoms with Gasteiger partial charge in [-0.15, -0.1) is 12.4 Å². The van der Waals surface area contributed by atoms with Crippen LogP contribution in [0.15, 0.2) is 18.2 Å². The number of halogens is 1. The molecule has 0 bridgehead atoms. The average Bonchev–Trinajstić information content (AvgIpc) is 2.18. The molecule has 0 spiro atoms. The first-order valence-corrected chi connectivity index (χ1v) is 4.71. The molecule has 1 atom stereocenters. The molecular weight excluding hydrogens is 198 g/mol. The van der Waals surface area contributed by atoms with Crippen LogP contribution in [0.2, 0.25) is 0 Å². The zero-order valence-electron chi connectivity index (χ0n) is 8.54. The van der Waals surface area contributed by atoms with E-state index in [9.17, 15) is 0 Å². The molecule has 0 fully saturated rings. The molecule has 78 valence electrons. The number of rotatable bonds is 1. The Morgan fingerprint density at radius 2 is 2.21 bits per heavy atom. The van der Waals surface area contributed by atoms with Crippen molar-refractivity contribution in [3.63, 3.8) is 0 Å². The summed E-state index contributed by atoms with van der Waals surface area (Å²) in [7, 11) is 1.71. The minimum atomic E-state index is 0. The Hall–Kier alpha value is -0.730. The van der Waals surface area contributed by atoms with E-state index in [1.807, 2.05) is 6.07 Å². The zero-order chi connectivity index (χ0) is 9.26. The Labute approximate surface area is 91.1 Å². The van der Waals surface area contributed by atoms with Gasteiger partial charge >= 0.3 is 0 Å². The second-order valence-electron chi connectivity index (χ2n) is 3.49. The summed E-state index contributed by atoms with van der Waals surface area (Å²) in [6.07, 6.45) is 1.13. The SMILES string of the molecule is COc1ccc2c(c1)C(C)NCC2.Cl. The first-order chi connectivity index (χ1) is 6.31. The Bertz CT molecular complexity index is 314. The standard InChI is InChI=1S/C11H15NO.ClH/c1-8-11-7-10(13-2)4-3-9(11)5-6-12-8;/h3-4,7-8,12H,5-6H2,1-2H3;1H. The van der Waals surface area contributed by atoms with Crippen LogP contribution < -0.4 is 10.1 Å². The molecule has 1 aliphatic rings. The van der Waals surface area contributed by atoms with Crippen LogP contribution in [-0.2, 0) is 6.42 Å². The summed E-state index contributed by atoms with van der Waals surface area (Å²) in [6.45, 7) is 3.28. The lowest BCUT2D eigenvalue weighted by molar-refractivity contribution is 0.412. The van der Waals surface area contributed by atoms with E-state index in [1.165, 1.54) is 11.1 Å². The molecule has 1 heterocycles. The van der Waals surface area contributed by atoms with Gasteiger partial charge in [-0.25, -0.2) is 0 Å². The van der Waals surface area contributed by atoms with E-state index in [2.05, 4.69) is 24.4 Å². The van der Waals surface area contributed by atoms with Crippen molar-refractivity contribution in [1.29, 1.82) is 0 Å². The van der Waals surface area contributed by atoms with Crippen molar-refractivity contribution < 1.29 is 4.74 Å². The zero-order valence-corrected chi connectivity index (χ0v) is 9.36. The van der Waals surface area contributed by atoms with Crippen molar-refractivity contribution in [3.05, 3.63) is 29.3 Å². The Morgan fingerprint density at radius 1 is 1.43 bits per heavy atom. The van der Waals surface area contributed by atoms with Crippen molar-refractivity contribution in [2.45, 2.75) is 19.4 Å². The number of nitrogens with one attached hydrogen (secondary N) is 1. The summed E-state index contributed by atoms with van der Waals surface area (Å²) in [5.74, 6) is 0.953. The summed E-state index contributed by atoms with van der Waals surface area (Å²) >= 11 is 0. The number of hydrogen-bond acceptors (Lipinski definition) is 2. The van der Waals surface area contributed by atoms with Gasteiger partial charge in [0, 0.05) is 6.04 Å². The highest BCUT2D eigenvalue weighted by Crippen LogP contribution is 2.26. The number of hydrogen-bond donors (Lipinski definition) is 1. The van der Waals surface area contributed by atoms with E-state index in [1.54, 1.807) is 7.11 Å². The topological polar surface area (TPSA) is 21.3 Å². The van der Waals surface area contributed by atoms with Gasteiger partial charge in [0.15, 0.2) is 0 Å². The summed E-state index contributed by atoms with van der Waals surface area (Å²) in [5, 5.41) is 3.43. The summed E-state index contributed by atoms with van der Waals surface area (Å²) in [4.78, 5) is 0. The Kier molecular flexibility index (Phi) is 3.78. The van der Waals surface area contributed by atoms with E-state index >= 15 is 0 Å². The van der Waals surface area contributed by atoms with Gasteiger partial charge in [0.2, 0.25) is 0 Å². The number of methoxy groups -OCH3 is 1. The average molecular weight is 214 g/mol. The van der Waals surface area contributed by atoms with Gasteiger partial charge in [-0.1, -0.05) is 6.07 Å². The van der Waals surface area contributed by atoms with Crippen molar-refractivity contribution >= 4 is 12.4 Å². The minimum absolute atomic E-state index is 0. The molecule has 0 aromatic heterocycles. The highest BCUT2D eigenvalue weighted by atomic mass is 35.5. The molecule has 1 aromatic carbocycles. The van der Waals surface area contributed by atoms with E-state index in [0.29, 0.717) is 6.04 Å². The van der Waals surface area contributed by atoms with Gasteiger partial charge in [-0.3, -0.25) is 0 Å². The van der Waals surface area contributed by atoms with Gasteiger partial charge in [0.25, 0.3) is 0 Å². The third kappa shape index (κ3) is 2.02. The normalized spacial score (nSPS) is 19.4. The van der Waals surface area contributed by atoms with Gasteiger partial charge in [0.1, 0.15) is 5.75 Å². The van der Waals surface area contributed by atoms with Crippen LogP contribution in [0.3, 0.4) is 0 Å². The molecule has 1 N–H and O–H groups in total. The highest BCUT2D eigenvalue weighted by Gasteiger charge is 2.15. The molecule has 1 aromatic rings. The second kappa shape index (κ2) is 4.67. The van der Waals surface area contributed by atoms with Crippen LogP contribution in [0.1, 0.15) is 24.1 Å². The summed E-state index contributed by atoms with van der Waals surface area (Å²) < 4.78 is 5.20. The third-order valence-electron chi connectivity index (χ3n) is 2.66. The predicted octanol–water partition coefficient (Wildman–Crippen LogP) is 2.32. The maximum Gasteiger partial charge on any atom is 0.119 e. The van der Waals surface area contributed by atoms with E-state index in [4.69, 9.17) is 4.74 Å². The molecule has 0 amide bonds. The van der Waals surface area contributed by atoms with Crippen LogP contribution in [0.5, 0.6) is 5.75 Å². The number of benzene rings is 1. The lowest BCUT2D eigenvalue weighted by atomic mass is 9.95. The van der Waals surface area contributed by atoms with Gasteiger partial charge in [-0.2, -0.15) is 0 Å².